The van der Waals surface area contributed by atoms with Crippen molar-refractivity contribution in [2.45, 2.75) is 12.7 Å². The number of alkyl halides is 3. The van der Waals surface area contributed by atoms with Gasteiger partial charge in [-0.1, -0.05) is 12.1 Å². The van der Waals surface area contributed by atoms with Crippen molar-refractivity contribution >= 4 is 5.91 Å². The van der Waals surface area contributed by atoms with Crippen molar-refractivity contribution in [3.05, 3.63) is 59.5 Å². The summed E-state index contributed by atoms with van der Waals surface area (Å²) in [4.78, 5) is 15.1. The van der Waals surface area contributed by atoms with Crippen molar-refractivity contribution in [3.63, 3.8) is 0 Å². The van der Waals surface area contributed by atoms with Crippen LogP contribution in [0.1, 0.15) is 21.7 Å². The fraction of sp³-hybridized carbons (Fsp3) is 0.353. The number of carbonyl (C=O) groups is 1. The van der Waals surface area contributed by atoms with Gasteiger partial charge in [-0.05, 0) is 24.3 Å². The molecule has 1 aliphatic rings. The third kappa shape index (κ3) is 3.79. The second-order valence-corrected chi connectivity index (χ2v) is 5.89. The van der Waals surface area contributed by atoms with Crippen LogP contribution in [0.4, 0.5) is 13.2 Å². The summed E-state index contributed by atoms with van der Waals surface area (Å²) in [5.41, 5.74) is 0.0386. The monoisotopic (exact) mass is 339 g/mol. The number of hydrogen-bond donors (Lipinski definition) is 1. The van der Waals surface area contributed by atoms with Crippen LogP contribution in [0.3, 0.4) is 0 Å². The summed E-state index contributed by atoms with van der Waals surface area (Å²) < 4.78 is 43.4. The molecule has 2 heterocycles. The number of quaternary nitrogens is 1. The van der Waals surface area contributed by atoms with E-state index < -0.39 is 11.7 Å². The lowest BCUT2D eigenvalue weighted by atomic mass is 10.1. The molecule has 24 heavy (non-hydrogen) atoms. The van der Waals surface area contributed by atoms with Gasteiger partial charge in [-0.15, -0.1) is 0 Å². The zero-order valence-electron chi connectivity index (χ0n) is 13.0. The molecule has 1 aliphatic heterocycles. The molecule has 1 amide bonds. The SMILES string of the molecule is O=C(c1ccco1)N1CC[NH+](Cc2cccc(C(F)(F)F)c2)CC1. The molecule has 1 saturated heterocycles. The minimum atomic E-state index is -4.32. The second-order valence-electron chi connectivity index (χ2n) is 5.89. The van der Waals surface area contributed by atoms with Crippen LogP contribution in [0.5, 0.6) is 0 Å². The minimum absolute atomic E-state index is 0.141. The molecule has 7 heteroatoms. The first kappa shape index (κ1) is 16.6. The second kappa shape index (κ2) is 6.68. The van der Waals surface area contributed by atoms with Crippen molar-refractivity contribution in [3.8, 4) is 0 Å². The Labute approximate surface area is 137 Å². The molecule has 0 aliphatic carbocycles. The molecular weight excluding hydrogens is 321 g/mol. The molecule has 0 saturated carbocycles. The summed E-state index contributed by atoms with van der Waals surface area (Å²) in [6.07, 6.45) is -2.86. The molecule has 0 radical (unpaired) electrons. The predicted molar refractivity (Wildman–Crippen MR) is 80.5 cm³/mol. The maximum Gasteiger partial charge on any atom is 0.416 e. The van der Waals surface area contributed by atoms with Crippen LogP contribution in [-0.4, -0.2) is 37.0 Å². The number of rotatable bonds is 3. The van der Waals surface area contributed by atoms with Crippen LogP contribution in [0.25, 0.3) is 0 Å². The van der Waals surface area contributed by atoms with Gasteiger partial charge in [0.25, 0.3) is 5.91 Å². The van der Waals surface area contributed by atoms with Gasteiger partial charge < -0.3 is 14.2 Å². The molecule has 1 N–H and O–H groups in total. The Kier molecular flexibility index (Phi) is 4.62. The molecule has 1 aromatic heterocycles. The predicted octanol–water partition coefficient (Wildman–Crippen LogP) is 1.84. The smallest absolute Gasteiger partial charge is 0.416 e. The molecule has 3 rings (SSSR count). The van der Waals surface area contributed by atoms with Gasteiger partial charge in [-0.3, -0.25) is 4.79 Å². The zero-order valence-corrected chi connectivity index (χ0v) is 13.0. The number of amides is 1. The quantitative estimate of drug-likeness (QED) is 0.927. The standard InChI is InChI=1S/C17H17F3N2O2/c18-17(19,20)14-4-1-3-13(11-14)12-21-6-8-22(9-7-21)16(23)15-5-2-10-24-15/h1-5,10-11H,6-9,12H2/p+1. The molecule has 0 spiro atoms. The van der Waals surface area contributed by atoms with E-state index in [1.54, 1.807) is 23.1 Å². The Balaban J connectivity index is 1.57. The van der Waals surface area contributed by atoms with Crippen LogP contribution in [0.15, 0.2) is 47.1 Å². The average Bonchev–Trinajstić information content (AvgIpc) is 3.09. The Hall–Kier alpha value is -2.28. The van der Waals surface area contributed by atoms with Crippen molar-refractivity contribution in [1.82, 2.24) is 4.90 Å². The first-order valence-corrected chi connectivity index (χ1v) is 7.76. The van der Waals surface area contributed by atoms with Crippen molar-refractivity contribution in [2.75, 3.05) is 26.2 Å². The Morgan fingerprint density at radius 3 is 2.54 bits per heavy atom. The van der Waals surface area contributed by atoms with Crippen molar-refractivity contribution < 1.29 is 27.3 Å². The van der Waals surface area contributed by atoms with Gasteiger partial charge in [0.1, 0.15) is 6.54 Å². The lowest BCUT2D eigenvalue weighted by Gasteiger charge is -2.31. The number of benzene rings is 1. The van der Waals surface area contributed by atoms with Gasteiger partial charge in [0.15, 0.2) is 5.76 Å². The Morgan fingerprint density at radius 1 is 1.17 bits per heavy atom. The Morgan fingerprint density at radius 2 is 1.92 bits per heavy atom. The van der Waals surface area contributed by atoms with Gasteiger partial charge in [0, 0.05) is 5.56 Å². The van der Waals surface area contributed by atoms with Crippen molar-refractivity contribution in [2.24, 2.45) is 0 Å². The van der Waals surface area contributed by atoms with E-state index in [0.29, 0.717) is 44.0 Å². The lowest BCUT2D eigenvalue weighted by Crippen LogP contribution is -3.13. The van der Waals surface area contributed by atoms with E-state index in [4.69, 9.17) is 4.42 Å². The third-order valence-electron chi connectivity index (χ3n) is 4.20. The molecule has 1 fully saturated rings. The van der Waals surface area contributed by atoms with Crippen molar-refractivity contribution in [1.29, 1.82) is 0 Å². The Bertz CT molecular complexity index is 690. The zero-order chi connectivity index (χ0) is 17.2. The van der Waals surface area contributed by atoms with E-state index in [-0.39, 0.29) is 5.91 Å². The maximum atomic E-state index is 12.8. The van der Waals surface area contributed by atoms with E-state index in [2.05, 4.69) is 0 Å². The van der Waals surface area contributed by atoms with Crippen LogP contribution in [0, 0.1) is 0 Å². The van der Waals surface area contributed by atoms with E-state index in [9.17, 15) is 18.0 Å². The van der Waals surface area contributed by atoms with E-state index in [0.717, 1.165) is 11.0 Å². The van der Waals surface area contributed by atoms with E-state index in [1.165, 1.54) is 18.4 Å². The fourth-order valence-electron chi connectivity index (χ4n) is 2.91. The normalized spacial score (nSPS) is 16.4. The first-order valence-electron chi connectivity index (χ1n) is 7.76. The number of furan rings is 1. The number of halogens is 3. The van der Waals surface area contributed by atoms with Crippen LogP contribution in [-0.2, 0) is 12.7 Å². The maximum absolute atomic E-state index is 12.8. The highest BCUT2D eigenvalue weighted by atomic mass is 19.4. The van der Waals surface area contributed by atoms with Crippen LogP contribution in [0.2, 0.25) is 0 Å². The highest BCUT2D eigenvalue weighted by Crippen LogP contribution is 2.29. The number of nitrogens with one attached hydrogen (secondary N) is 1. The number of nitrogens with zero attached hydrogens (tertiary/aromatic N) is 1. The summed E-state index contributed by atoms with van der Waals surface area (Å²) in [6.45, 7) is 3.04. The highest BCUT2D eigenvalue weighted by Gasteiger charge is 2.31. The summed E-state index contributed by atoms with van der Waals surface area (Å²) in [5, 5.41) is 0. The number of hydrogen-bond acceptors (Lipinski definition) is 2. The summed E-state index contributed by atoms with van der Waals surface area (Å²) in [7, 11) is 0. The number of piperazine rings is 1. The molecule has 1 aromatic carbocycles. The van der Waals surface area contributed by atoms with Gasteiger partial charge in [0.05, 0.1) is 38.0 Å². The average molecular weight is 339 g/mol. The summed E-state index contributed by atoms with van der Waals surface area (Å²) in [6, 6.07) is 8.73. The number of carbonyl (C=O) groups excluding carboxylic acids is 1. The summed E-state index contributed by atoms with van der Waals surface area (Å²) >= 11 is 0. The summed E-state index contributed by atoms with van der Waals surface area (Å²) in [5.74, 6) is 0.175. The molecule has 0 unspecified atom stereocenters. The molecule has 4 nitrogen and oxygen atoms in total. The van der Waals surface area contributed by atoms with E-state index in [1.807, 2.05) is 0 Å². The van der Waals surface area contributed by atoms with Gasteiger partial charge in [-0.2, -0.15) is 13.2 Å². The van der Waals surface area contributed by atoms with Gasteiger partial charge in [0.2, 0.25) is 0 Å². The van der Waals surface area contributed by atoms with Gasteiger partial charge in [-0.25, -0.2) is 0 Å². The minimum Gasteiger partial charge on any atom is -0.459 e. The molecule has 2 aromatic rings. The molecule has 128 valence electrons. The highest BCUT2D eigenvalue weighted by molar-refractivity contribution is 5.91. The largest absolute Gasteiger partial charge is 0.459 e. The molecule has 0 bridgehead atoms. The molecular formula is C17H18F3N2O2+. The van der Waals surface area contributed by atoms with Crippen LogP contribution < -0.4 is 4.90 Å². The lowest BCUT2D eigenvalue weighted by molar-refractivity contribution is -0.917. The molecule has 0 atom stereocenters. The van der Waals surface area contributed by atoms with Crippen LogP contribution >= 0.6 is 0 Å². The van der Waals surface area contributed by atoms with Gasteiger partial charge >= 0.3 is 6.18 Å². The van der Waals surface area contributed by atoms with E-state index >= 15 is 0 Å². The first-order chi connectivity index (χ1) is 11.4. The topological polar surface area (TPSA) is 37.9 Å². The third-order valence-corrected chi connectivity index (χ3v) is 4.20. The fourth-order valence-corrected chi connectivity index (χ4v) is 2.91.